The van der Waals surface area contributed by atoms with Crippen molar-refractivity contribution in [1.82, 2.24) is 5.32 Å². The normalized spacial score (nSPS) is 18.6. The van der Waals surface area contributed by atoms with Gasteiger partial charge in [-0.05, 0) is 56.6 Å². The minimum absolute atomic E-state index is 0.408. The lowest BCUT2D eigenvalue weighted by Crippen LogP contribution is -2.29. The molecule has 1 unspecified atom stereocenters. The van der Waals surface area contributed by atoms with Gasteiger partial charge in [0.15, 0.2) is 0 Å². The van der Waals surface area contributed by atoms with Gasteiger partial charge in [-0.2, -0.15) is 0 Å². The number of nitrogens with zero attached hydrogens (tertiary/aromatic N) is 2. The quantitative estimate of drug-likeness (QED) is 0.865. The van der Waals surface area contributed by atoms with Crippen LogP contribution < -0.4 is 15.1 Å². The van der Waals surface area contributed by atoms with E-state index in [2.05, 4.69) is 64.5 Å². The van der Waals surface area contributed by atoms with Crippen LogP contribution in [-0.2, 0) is 6.42 Å². The van der Waals surface area contributed by atoms with E-state index in [4.69, 9.17) is 0 Å². The van der Waals surface area contributed by atoms with Gasteiger partial charge >= 0.3 is 0 Å². The first kappa shape index (κ1) is 14.6. The third-order valence-electron chi connectivity index (χ3n) is 5.25. The van der Waals surface area contributed by atoms with Crippen molar-refractivity contribution >= 4 is 17.1 Å². The van der Waals surface area contributed by atoms with E-state index in [0.717, 1.165) is 32.5 Å². The highest BCUT2D eigenvalue weighted by atomic mass is 15.2. The second-order valence-corrected chi connectivity index (χ2v) is 6.57. The van der Waals surface area contributed by atoms with Gasteiger partial charge in [0.25, 0.3) is 0 Å². The molecule has 120 valence electrons. The van der Waals surface area contributed by atoms with E-state index >= 15 is 0 Å². The third kappa shape index (κ3) is 2.31. The summed E-state index contributed by atoms with van der Waals surface area (Å²) in [5.41, 5.74) is 7.18. The molecule has 4 rings (SSSR count). The summed E-state index contributed by atoms with van der Waals surface area (Å²) in [6.45, 7) is 5.59. The van der Waals surface area contributed by atoms with Crippen LogP contribution in [0.1, 0.15) is 30.5 Å². The summed E-state index contributed by atoms with van der Waals surface area (Å²) in [6.07, 6.45) is 2.31. The molecule has 2 aromatic rings. The van der Waals surface area contributed by atoms with E-state index < -0.39 is 0 Å². The van der Waals surface area contributed by atoms with Gasteiger partial charge < -0.3 is 15.1 Å². The van der Waals surface area contributed by atoms with Crippen molar-refractivity contribution in [2.24, 2.45) is 0 Å². The zero-order chi connectivity index (χ0) is 15.8. The topological polar surface area (TPSA) is 18.5 Å². The standard InChI is InChI=1S/C20H25N3/c1-15-17-8-5-7-16-11-14-23(20(16)17)19-10-4-3-9-18(19)22(15)13-6-12-21-2/h3-5,7-10,15,21H,6,11-14H2,1-2H3. The highest BCUT2D eigenvalue weighted by Crippen LogP contribution is 2.48. The minimum atomic E-state index is 0.408. The van der Waals surface area contributed by atoms with E-state index in [9.17, 15) is 0 Å². The number of para-hydroxylation sites is 3. The Morgan fingerprint density at radius 2 is 1.91 bits per heavy atom. The van der Waals surface area contributed by atoms with Crippen molar-refractivity contribution < 1.29 is 0 Å². The van der Waals surface area contributed by atoms with Crippen LogP contribution in [0.2, 0.25) is 0 Å². The molecule has 3 heteroatoms. The fraction of sp³-hybridized carbons (Fsp3) is 0.400. The van der Waals surface area contributed by atoms with Crippen molar-refractivity contribution in [3.05, 3.63) is 53.6 Å². The van der Waals surface area contributed by atoms with Crippen LogP contribution in [-0.4, -0.2) is 26.7 Å². The number of fused-ring (bicyclic) bond motifs is 2. The Hall–Kier alpha value is -2.00. The molecule has 0 amide bonds. The lowest BCUT2D eigenvalue weighted by atomic mass is 10.0. The minimum Gasteiger partial charge on any atom is -0.363 e. The van der Waals surface area contributed by atoms with Gasteiger partial charge in [0.05, 0.1) is 17.4 Å². The summed E-state index contributed by atoms with van der Waals surface area (Å²) in [5.74, 6) is 0. The smallest absolute Gasteiger partial charge is 0.0649 e. The van der Waals surface area contributed by atoms with Crippen LogP contribution in [0.15, 0.2) is 42.5 Å². The fourth-order valence-corrected chi connectivity index (χ4v) is 4.12. The molecule has 3 nitrogen and oxygen atoms in total. The second kappa shape index (κ2) is 5.89. The van der Waals surface area contributed by atoms with Crippen molar-refractivity contribution in [2.45, 2.75) is 25.8 Å². The van der Waals surface area contributed by atoms with Crippen molar-refractivity contribution in [3.8, 4) is 0 Å². The lowest BCUT2D eigenvalue weighted by Gasteiger charge is -2.31. The van der Waals surface area contributed by atoms with Crippen LogP contribution in [0.25, 0.3) is 0 Å². The maximum Gasteiger partial charge on any atom is 0.0649 e. The molecule has 1 atom stereocenters. The fourth-order valence-electron chi connectivity index (χ4n) is 4.12. The summed E-state index contributed by atoms with van der Waals surface area (Å²) in [4.78, 5) is 5.12. The third-order valence-corrected chi connectivity index (χ3v) is 5.25. The van der Waals surface area contributed by atoms with Crippen LogP contribution in [0.4, 0.5) is 17.1 Å². The molecule has 0 saturated heterocycles. The summed E-state index contributed by atoms with van der Waals surface area (Å²) in [5, 5.41) is 3.27. The van der Waals surface area contributed by atoms with Crippen molar-refractivity contribution in [1.29, 1.82) is 0 Å². The van der Waals surface area contributed by atoms with E-state index in [1.54, 1.807) is 0 Å². The molecule has 0 fully saturated rings. The molecule has 2 heterocycles. The molecule has 0 saturated carbocycles. The van der Waals surface area contributed by atoms with E-state index in [1.165, 1.54) is 28.2 Å². The van der Waals surface area contributed by atoms with Crippen molar-refractivity contribution in [2.75, 3.05) is 36.5 Å². The van der Waals surface area contributed by atoms with E-state index in [0.29, 0.717) is 6.04 Å². The van der Waals surface area contributed by atoms with Gasteiger partial charge in [-0.15, -0.1) is 0 Å². The molecule has 2 aromatic carbocycles. The molecule has 0 radical (unpaired) electrons. The second-order valence-electron chi connectivity index (χ2n) is 6.57. The summed E-state index contributed by atoms with van der Waals surface area (Å²) >= 11 is 0. The van der Waals surface area contributed by atoms with Gasteiger partial charge in [-0.3, -0.25) is 0 Å². The van der Waals surface area contributed by atoms with Crippen LogP contribution in [0.3, 0.4) is 0 Å². The van der Waals surface area contributed by atoms with Crippen LogP contribution >= 0.6 is 0 Å². The van der Waals surface area contributed by atoms with Gasteiger partial charge in [0, 0.05) is 18.8 Å². The molecule has 0 aliphatic carbocycles. The molecular weight excluding hydrogens is 282 g/mol. The predicted octanol–water partition coefficient (Wildman–Crippen LogP) is 3.87. The molecule has 1 N–H and O–H groups in total. The molecular formula is C20H25N3. The van der Waals surface area contributed by atoms with Gasteiger partial charge in [0.1, 0.15) is 0 Å². The summed E-state index contributed by atoms with van der Waals surface area (Å²) in [6, 6.07) is 16.2. The first-order valence-electron chi connectivity index (χ1n) is 8.71. The Morgan fingerprint density at radius 1 is 1.09 bits per heavy atom. The summed E-state index contributed by atoms with van der Waals surface area (Å²) < 4.78 is 0. The van der Waals surface area contributed by atoms with Gasteiger partial charge in [-0.25, -0.2) is 0 Å². The summed E-state index contributed by atoms with van der Waals surface area (Å²) in [7, 11) is 2.03. The van der Waals surface area contributed by atoms with Crippen LogP contribution in [0, 0.1) is 0 Å². The molecule has 2 aliphatic rings. The SMILES string of the molecule is CNCCCN1c2ccccc2N2CCc3cccc(c32)C1C. The zero-order valence-electron chi connectivity index (χ0n) is 14.0. The Bertz CT molecular complexity index is 710. The Kier molecular flexibility index (Phi) is 3.74. The lowest BCUT2D eigenvalue weighted by molar-refractivity contribution is 0.628. The van der Waals surface area contributed by atoms with E-state index in [-0.39, 0.29) is 0 Å². The zero-order valence-corrected chi connectivity index (χ0v) is 14.0. The number of nitrogens with one attached hydrogen (secondary N) is 1. The Morgan fingerprint density at radius 3 is 2.74 bits per heavy atom. The van der Waals surface area contributed by atoms with Gasteiger partial charge in [0.2, 0.25) is 0 Å². The van der Waals surface area contributed by atoms with Crippen LogP contribution in [0.5, 0.6) is 0 Å². The number of rotatable bonds is 4. The Balaban J connectivity index is 1.84. The van der Waals surface area contributed by atoms with Crippen molar-refractivity contribution in [3.63, 3.8) is 0 Å². The largest absolute Gasteiger partial charge is 0.363 e. The molecule has 0 aromatic heterocycles. The number of hydrogen-bond donors (Lipinski definition) is 1. The van der Waals surface area contributed by atoms with Gasteiger partial charge in [-0.1, -0.05) is 30.3 Å². The Labute approximate surface area is 138 Å². The number of hydrogen-bond acceptors (Lipinski definition) is 3. The molecule has 0 bridgehead atoms. The number of benzene rings is 2. The monoisotopic (exact) mass is 307 g/mol. The first-order chi connectivity index (χ1) is 11.3. The highest BCUT2D eigenvalue weighted by molar-refractivity contribution is 5.84. The average molecular weight is 307 g/mol. The average Bonchev–Trinajstić information content (AvgIpc) is 2.98. The number of anilines is 3. The molecule has 23 heavy (non-hydrogen) atoms. The maximum atomic E-state index is 3.27. The molecule has 2 aliphatic heterocycles. The predicted molar refractivity (Wildman–Crippen MR) is 97.9 cm³/mol. The highest BCUT2D eigenvalue weighted by Gasteiger charge is 2.33. The molecule has 0 spiro atoms. The van der Waals surface area contributed by atoms with E-state index in [1.807, 2.05) is 7.05 Å². The first-order valence-corrected chi connectivity index (χ1v) is 8.71. The maximum absolute atomic E-state index is 3.27.